The minimum absolute atomic E-state index is 0.0993. The molecule has 88 valence electrons. The normalized spacial score (nSPS) is 27.4. The van der Waals surface area contributed by atoms with Crippen molar-refractivity contribution in [1.29, 1.82) is 0 Å². The summed E-state index contributed by atoms with van der Waals surface area (Å²) in [6, 6.07) is 0. The molecule has 0 aromatic heterocycles. The molecule has 0 radical (unpaired) electrons. The number of amides is 1. The fourth-order valence-corrected chi connectivity index (χ4v) is 4.50. The van der Waals surface area contributed by atoms with Gasteiger partial charge in [-0.1, -0.05) is 31.9 Å². The number of carbonyl (C=O) groups excluding carboxylic acids is 2. The molecule has 0 spiro atoms. The Kier molecular flexibility index (Phi) is 3.13. The van der Waals surface area contributed by atoms with Gasteiger partial charge in [-0.3, -0.25) is 9.69 Å². The Morgan fingerprint density at radius 3 is 2.81 bits per heavy atom. The molecule has 0 N–H and O–H groups in total. The molecule has 1 saturated heterocycles. The Labute approximate surface area is 114 Å². The van der Waals surface area contributed by atoms with Crippen LogP contribution in [-0.4, -0.2) is 38.2 Å². The highest BCUT2D eigenvalue weighted by Crippen LogP contribution is 2.53. The summed E-state index contributed by atoms with van der Waals surface area (Å²) in [6.07, 6.45) is 0. The van der Waals surface area contributed by atoms with E-state index in [0.29, 0.717) is 5.70 Å². The van der Waals surface area contributed by atoms with E-state index >= 15 is 0 Å². The summed E-state index contributed by atoms with van der Waals surface area (Å²) in [5.41, 5.74) is 1.25. The second-order valence-corrected chi connectivity index (χ2v) is 8.22. The predicted molar refractivity (Wildman–Crippen MR) is 68.4 cm³/mol. The van der Waals surface area contributed by atoms with E-state index in [1.165, 1.54) is 12.0 Å². The predicted octanol–water partition coefficient (Wildman–Crippen LogP) is 1.83. The summed E-state index contributed by atoms with van der Waals surface area (Å²) < 4.78 is 3.95. The van der Waals surface area contributed by atoms with E-state index in [-0.39, 0.29) is 11.3 Å². The summed E-state index contributed by atoms with van der Waals surface area (Å²) in [5, 5.41) is -0.0993. The highest BCUT2D eigenvalue weighted by molar-refractivity contribution is 9.26. The lowest BCUT2D eigenvalue weighted by atomic mass is 10.1. The minimum atomic E-state index is -0.745. The first-order chi connectivity index (χ1) is 7.41. The summed E-state index contributed by atoms with van der Waals surface area (Å²) in [5.74, 6) is 0.105. The quantitative estimate of drug-likeness (QED) is 0.401. The lowest BCUT2D eigenvalue weighted by Gasteiger charge is -2.51. The van der Waals surface area contributed by atoms with Gasteiger partial charge in [0.05, 0.1) is 7.11 Å². The maximum atomic E-state index is 11.9. The number of hydrogen-bond acceptors (Lipinski definition) is 4. The van der Waals surface area contributed by atoms with Gasteiger partial charge in [0, 0.05) is 5.75 Å². The van der Waals surface area contributed by atoms with Gasteiger partial charge in [0.1, 0.15) is 11.1 Å². The Bertz CT molecular complexity index is 408. The van der Waals surface area contributed by atoms with Crippen molar-refractivity contribution in [3.63, 3.8) is 0 Å². The molecule has 7 heteroatoms. The molecule has 2 aliphatic heterocycles. The first-order valence-corrected chi connectivity index (χ1v) is 7.16. The van der Waals surface area contributed by atoms with Crippen molar-refractivity contribution in [1.82, 2.24) is 4.90 Å². The molecule has 0 aromatic rings. The van der Waals surface area contributed by atoms with Gasteiger partial charge in [-0.05, 0) is 12.5 Å². The number of esters is 1. The van der Waals surface area contributed by atoms with Gasteiger partial charge in [-0.2, -0.15) is 0 Å². The molecule has 2 aliphatic rings. The number of ether oxygens (including phenoxy) is 1. The van der Waals surface area contributed by atoms with Crippen molar-refractivity contribution in [2.45, 2.75) is 15.5 Å². The minimum Gasteiger partial charge on any atom is -0.464 e. The molecule has 0 bridgehead atoms. The lowest BCUT2D eigenvalue weighted by molar-refractivity contribution is -0.147. The number of methoxy groups -OCH3 is 1. The van der Waals surface area contributed by atoms with Gasteiger partial charge in [0.2, 0.25) is 0 Å². The average molecular weight is 371 g/mol. The molecule has 0 unspecified atom stereocenters. The third-order valence-corrected chi connectivity index (χ3v) is 6.16. The highest BCUT2D eigenvalue weighted by atomic mass is 79.9. The van der Waals surface area contributed by atoms with Crippen LogP contribution in [0.4, 0.5) is 0 Å². The van der Waals surface area contributed by atoms with Crippen molar-refractivity contribution < 1.29 is 14.3 Å². The summed E-state index contributed by atoms with van der Waals surface area (Å²) in [6.45, 7) is 1.84. The number of nitrogens with zero attached hydrogens (tertiary/aromatic N) is 1. The SMILES string of the molecule is COC(=O)C1=C(C)CS[C@@H]2N1C(=O)C2(Br)Br. The molecule has 16 heavy (non-hydrogen) atoms. The van der Waals surface area contributed by atoms with Gasteiger partial charge in [-0.25, -0.2) is 4.79 Å². The summed E-state index contributed by atoms with van der Waals surface area (Å²) >= 11 is 8.25. The Balaban J connectivity index is 2.38. The maximum Gasteiger partial charge on any atom is 0.354 e. The molecule has 0 aliphatic carbocycles. The van der Waals surface area contributed by atoms with Crippen LogP contribution in [0.3, 0.4) is 0 Å². The molecule has 1 amide bonds. The summed E-state index contributed by atoms with van der Waals surface area (Å²) in [7, 11) is 1.32. The van der Waals surface area contributed by atoms with Crippen LogP contribution < -0.4 is 0 Å². The largest absolute Gasteiger partial charge is 0.464 e. The van der Waals surface area contributed by atoms with E-state index in [9.17, 15) is 9.59 Å². The third kappa shape index (κ3) is 1.55. The monoisotopic (exact) mass is 369 g/mol. The standard InChI is InChI=1S/C9H9Br2NO3S/c1-4-3-16-8-9(10,11)7(14)12(8)5(4)6(13)15-2/h8H,3H2,1-2H3/t8-/m0/s1. The molecule has 2 rings (SSSR count). The van der Waals surface area contributed by atoms with Crippen molar-refractivity contribution in [3.8, 4) is 0 Å². The number of thioether (sulfide) groups is 1. The number of hydrogen-bond donors (Lipinski definition) is 0. The summed E-state index contributed by atoms with van der Waals surface area (Å²) in [4.78, 5) is 25.0. The average Bonchev–Trinajstić information content (AvgIpc) is 2.26. The molecule has 1 fully saturated rings. The number of fused-ring (bicyclic) bond motifs is 1. The fraction of sp³-hybridized carbons (Fsp3) is 0.556. The van der Waals surface area contributed by atoms with Crippen LogP contribution in [0.5, 0.6) is 0 Å². The zero-order chi connectivity index (χ0) is 12.1. The molecule has 2 heterocycles. The number of halogens is 2. The van der Waals surface area contributed by atoms with Crippen molar-refractivity contribution >= 4 is 55.5 Å². The van der Waals surface area contributed by atoms with Crippen LogP contribution in [0.25, 0.3) is 0 Å². The van der Waals surface area contributed by atoms with Crippen molar-refractivity contribution in [3.05, 3.63) is 11.3 Å². The van der Waals surface area contributed by atoms with Crippen LogP contribution in [-0.2, 0) is 14.3 Å². The van der Waals surface area contributed by atoms with Gasteiger partial charge in [0.25, 0.3) is 5.91 Å². The molecule has 4 nitrogen and oxygen atoms in total. The van der Waals surface area contributed by atoms with E-state index in [1.807, 2.05) is 6.92 Å². The third-order valence-electron chi connectivity index (χ3n) is 2.53. The van der Waals surface area contributed by atoms with Crippen LogP contribution in [0.2, 0.25) is 0 Å². The Hall–Kier alpha value is -0.0100. The van der Waals surface area contributed by atoms with Gasteiger partial charge >= 0.3 is 5.97 Å². The van der Waals surface area contributed by atoms with Gasteiger partial charge in [-0.15, -0.1) is 11.8 Å². The molecule has 1 atom stereocenters. The highest BCUT2D eigenvalue weighted by Gasteiger charge is 2.62. The van der Waals surface area contributed by atoms with Crippen LogP contribution in [0.1, 0.15) is 6.92 Å². The van der Waals surface area contributed by atoms with Crippen LogP contribution >= 0.6 is 43.6 Å². The zero-order valence-electron chi connectivity index (χ0n) is 8.62. The number of alkyl halides is 2. The first kappa shape index (κ1) is 12.4. The molecular weight excluding hydrogens is 362 g/mol. The van der Waals surface area contributed by atoms with E-state index < -0.39 is 9.20 Å². The van der Waals surface area contributed by atoms with Gasteiger partial charge < -0.3 is 4.74 Å². The smallest absolute Gasteiger partial charge is 0.354 e. The second-order valence-electron chi connectivity index (χ2n) is 3.58. The number of rotatable bonds is 1. The lowest BCUT2D eigenvalue weighted by Crippen LogP contribution is -2.67. The van der Waals surface area contributed by atoms with E-state index in [0.717, 1.165) is 11.3 Å². The van der Waals surface area contributed by atoms with Crippen LogP contribution in [0.15, 0.2) is 11.3 Å². The molecule has 0 saturated carbocycles. The second kappa shape index (κ2) is 4.03. The fourth-order valence-electron chi connectivity index (χ4n) is 1.71. The Morgan fingerprint density at radius 1 is 1.62 bits per heavy atom. The topological polar surface area (TPSA) is 46.6 Å². The number of β-lactam (4-membered cyclic amide) rings is 1. The zero-order valence-corrected chi connectivity index (χ0v) is 12.6. The van der Waals surface area contributed by atoms with Gasteiger partial charge in [0.15, 0.2) is 3.23 Å². The van der Waals surface area contributed by atoms with Crippen molar-refractivity contribution in [2.75, 3.05) is 12.9 Å². The van der Waals surface area contributed by atoms with E-state index in [1.54, 1.807) is 11.8 Å². The van der Waals surface area contributed by atoms with Crippen molar-refractivity contribution in [2.24, 2.45) is 0 Å². The molecule has 0 aromatic carbocycles. The first-order valence-electron chi connectivity index (χ1n) is 4.52. The van der Waals surface area contributed by atoms with E-state index in [2.05, 4.69) is 31.9 Å². The maximum absolute atomic E-state index is 11.9. The molecular formula is C9H9Br2NO3S. The number of carbonyl (C=O) groups is 2. The van der Waals surface area contributed by atoms with E-state index in [4.69, 9.17) is 4.74 Å². The Morgan fingerprint density at radius 2 is 2.25 bits per heavy atom. The van der Waals surface area contributed by atoms with Crippen LogP contribution in [0, 0.1) is 0 Å².